The summed E-state index contributed by atoms with van der Waals surface area (Å²) in [6.45, 7) is 0.960. The molecule has 2 nitrogen and oxygen atoms in total. The topological polar surface area (TPSA) is 43.4 Å². The Morgan fingerprint density at radius 2 is 2.08 bits per heavy atom. The molecule has 2 heteroatoms. The summed E-state index contributed by atoms with van der Waals surface area (Å²) in [5, 5.41) is 1.33. The van der Waals surface area contributed by atoms with E-state index in [1.807, 2.05) is 6.07 Å². The average Bonchev–Trinajstić information content (AvgIpc) is 2.50. The van der Waals surface area contributed by atoms with E-state index in [0.717, 1.165) is 13.0 Å². The standard InChI is InChI=1S/C10H12N2/c11-6-5-8-7-12-10-4-2-1-3-9(8)10/h1-4,7,12H,5-6,11H2/p+1. The minimum atomic E-state index is 0.960. The van der Waals surface area contributed by atoms with Crippen molar-refractivity contribution in [3.8, 4) is 0 Å². The molecule has 12 heavy (non-hydrogen) atoms. The Labute approximate surface area is 71.4 Å². The van der Waals surface area contributed by atoms with E-state index >= 15 is 0 Å². The van der Waals surface area contributed by atoms with E-state index in [-0.39, 0.29) is 0 Å². The van der Waals surface area contributed by atoms with Crippen molar-refractivity contribution in [3.63, 3.8) is 0 Å². The van der Waals surface area contributed by atoms with Gasteiger partial charge in [-0.05, 0) is 11.6 Å². The number of benzene rings is 1. The fraction of sp³-hybridized carbons (Fsp3) is 0.200. The van der Waals surface area contributed by atoms with Crippen LogP contribution >= 0.6 is 0 Å². The highest BCUT2D eigenvalue weighted by atomic mass is 14.7. The first-order valence-corrected chi connectivity index (χ1v) is 4.26. The van der Waals surface area contributed by atoms with Gasteiger partial charge in [0.2, 0.25) is 0 Å². The highest BCUT2D eigenvalue weighted by Crippen LogP contribution is 2.17. The number of nitrogens with one attached hydrogen (secondary N) is 1. The van der Waals surface area contributed by atoms with Gasteiger partial charge in [-0.2, -0.15) is 0 Å². The molecule has 1 heterocycles. The van der Waals surface area contributed by atoms with Crippen LogP contribution in [-0.2, 0) is 6.42 Å². The first-order valence-electron chi connectivity index (χ1n) is 4.26. The second-order valence-electron chi connectivity index (χ2n) is 2.96. The largest absolute Gasteiger partial charge is 0.361 e. The second-order valence-corrected chi connectivity index (χ2v) is 2.96. The first-order chi connectivity index (χ1) is 5.92. The molecule has 2 aromatic rings. The molecule has 0 bridgehead atoms. The zero-order chi connectivity index (χ0) is 8.39. The Morgan fingerprint density at radius 1 is 1.25 bits per heavy atom. The number of H-pyrrole nitrogens is 1. The quantitative estimate of drug-likeness (QED) is 0.658. The molecule has 4 N–H and O–H groups in total. The van der Waals surface area contributed by atoms with Gasteiger partial charge in [-0.1, -0.05) is 18.2 Å². The molecule has 0 radical (unpaired) electrons. The predicted molar refractivity (Wildman–Crippen MR) is 49.8 cm³/mol. The third-order valence-corrected chi connectivity index (χ3v) is 2.12. The van der Waals surface area contributed by atoms with Gasteiger partial charge >= 0.3 is 0 Å². The van der Waals surface area contributed by atoms with Crippen molar-refractivity contribution in [2.24, 2.45) is 0 Å². The van der Waals surface area contributed by atoms with Gasteiger partial charge in [0.1, 0.15) is 0 Å². The fourth-order valence-electron chi connectivity index (χ4n) is 1.53. The minimum Gasteiger partial charge on any atom is -0.361 e. The lowest BCUT2D eigenvalue weighted by Gasteiger charge is -1.92. The fourth-order valence-corrected chi connectivity index (χ4v) is 1.53. The van der Waals surface area contributed by atoms with E-state index in [0.29, 0.717) is 0 Å². The molecule has 0 atom stereocenters. The Kier molecular flexibility index (Phi) is 1.84. The van der Waals surface area contributed by atoms with Crippen molar-refractivity contribution >= 4 is 10.9 Å². The maximum Gasteiger partial charge on any atom is 0.0781 e. The van der Waals surface area contributed by atoms with Crippen LogP contribution in [0.4, 0.5) is 0 Å². The molecule has 0 saturated heterocycles. The monoisotopic (exact) mass is 161 g/mol. The molecule has 0 fully saturated rings. The van der Waals surface area contributed by atoms with Crippen LogP contribution < -0.4 is 5.73 Å². The second kappa shape index (κ2) is 2.99. The summed E-state index contributed by atoms with van der Waals surface area (Å²) >= 11 is 0. The molecule has 0 unspecified atom stereocenters. The lowest BCUT2D eigenvalue weighted by atomic mass is 10.1. The summed E-state index contributed by atoms with van der Waals surface area (Å²) in [4.78, 5) is 3.25. The Bertz CT molecular complexity index is 376. The molecule has 0 aliphatic heterocycles. The number of rotatable bonds is 2. The SMILES string of the molecule is [NH3+]CCc1c[nH]c2ccccc12. The van der Waals surface area contributed by atoms with Gasteiger partial charge in [-0.25, -0.2) is 0 Å². The summed E-state index contributed by atoms with van der Waals surface area (Å²) in [5.41, 5.74) is 6.45. The van der Waals surface area contributed by atoms with Crippen LogP contribution in [-0.4, -0.2) is 11.5 Å². The Hall–Kier alpha value is -1.28. The molecule has 0 aliphatic carbocycles. The predicted octanol–water partition coefficient (Wildman–Crippen LogP) is 0.952. The first kappa shape index (κ1) is 7.37. The van der Waals surface area contributed by atoms with E-state index in [9.17, 15) is 0 Å². The molecular formula is C10H13N2+. The van der Waals surface area contributed by atoms with E-state index in [1.54, 1.807) is 0 Å². The van der Waals surface area contributed by atoms with E-state index in [4.69, 9.17) is 0 Å². The number of fused-ring (bicyclic) bond motifs is 1. The molecule has 2 rings (SSSR count). The Morgan fingerprint density at radius 3 is 2.92 bits per heavy atom. The summed E-state index contributed by atoms with van der Waals surface area (Å²) < 4.78 is 0. The lowest BCUT2D eigenvalue weighted by molar-refractivity contribution is -0.366. The minimum absolute atomic E-state index is 0.960. The third-order valence-electron chi connectivity index (χ3n) is 2.12. The average molecular weight is 161 g/mol. The van der Waals surface area contributed by atoms with Crippen LogP contribution in [0.2, 0.25) is 0 Å². The molecule has 0 saturated carbocycles. The lowest BCUT2D eigenvalue weighted by Crippen LogP contribution is -2.51. The van der Waals surface area contributed by atoms with Gasteiger partial charge in [0, 0.05) is 23.5 Å². The van der Waals surface area contributed by atoms with Crippen molar-refractivity contribution in [1.82, 2.24) is 4.98 Å². The van der Waals surface area contributed by atoms with Gasteiger partial charge in [0.15, 0.2) is 0 Å². The van der Waals surface area contributed by atoms with Crippen LogP contribution in [0.3, 0.4) is 0 Å². The molecule has 0 amide bonds. The van der Waals surface area contributed by atoms with Gasteiger partial charge in [-0.15, -0.1) is 0 Å². The summed E-state index contributed by atoms with van der Waals surface area (Å²) in [5.74, 6) is 0. The number of aromatic amines is 1. The van der Waals surface area contributed by atoms with Gasteiger partial charge in [0.25, 0.3) is 0 Å². The van der Waals surface area contributed by atoms with Crippen molar-refractivity contribution in [2.45, 2.75) is 6.42 Å². The van der Waals surface area contributed by atoms with Crippen molar-refractivity contribution in [1.29, 1.82) is 0 Å². The van der Waals surface area contributed by atoms with Crippen LogP contribution in [0, 0.1) is 0 Å². The van der Waals surface area contributed by atoms with Gasteiger partial charge < -0.3 is 10.7 Å². The molecule has 0 aliphatic rings. The van der Waals surface area contributed by atoms with E-state index < -0.39 is 0 Å². The molecule has 1 aromatic heterocycles. The third kappa shape index (κ3) is 1.10. The molecule has 0 spiro atoms. The van der Waals surface area contributed by atoms with Gasteiger partial charge in [-0.3, -0.25) is 0 Å². The van der Waals surface area contributed by atoms with Gasteiger partial charge in [0.05, 0.1) is 6.54 Å². The summed E-state index contributed by atoms with van der Waals surface area (Å²) in [7, 11) is 0. The van der Waals surface area contributed by atoms with E-state index in [2.05, 4.69) is 35.1 Å². The van der Waals surface area contributed by atoms with Crippen LogP contribution in [0.15, 0.2) is 30.5 Å². The summed E-state index contributed by atoms with van der Waals surface area (Å²) in [6, 6.07) is 8.37. The maximum atomic E-state index is 3.85. The normalized spacial score (nSPS) is 10.8. The summed E-state index contributed by atoms with van der Waals surface area (Å²) in [6.07, 6.45) is 3.14. The molecular weight excluding hydrogens is 148 g/mol. The van der Waals surface area contributed by atoms with Crippen LogP contribution in [0.25, 0.3) is 10.9 Å². The van der Waals surface area contributed by atoms with Crippen LogP contribution in [0.5, 0.6) is 0 Å². The van der Waals surface area contributed by atoms with Crippen LogP contribution in [0.1, 0.15) is 5.56 Å². The van der Waals surface area contributed by atoms with E-state index in [1.165, 1.54) is 16.5 Å². The zero-order valence-corrected chi connectivity index (χ0v) is 7.01. The number of hydrogen-bond acceptors (Lipinski definition) is 0. The number of quaternary nitrogens is 1. The smallest absolute Gasteiger partial charge is 0.0781 e. The molecule has 1 aromatic carbocycles. The Balaban J connectivity index is 2.55. The maximum absolute atomic E-state index is 3.85. The van der Waals surface area contributed by atoms with Crippen molar-refractivity contribution < 1.29 is 5.73 Å². The number of para-hydroxylation sites is 1. The highest BCUT2D eigenvalue weighted by molar-refractivity contribution is 5.82. The van der Waals surface area contributed by atoms with Crippen molar-refractivity contribution in [3.05, 3.63) is 36.0 Å². The number of hydrogen-bond donors (Lipinski definition) is 2. The molecule has 62 valence electrons. The van der Waals surface area contributed by atoms with Crippen molar-refractivity contribution in [2.75, 3.05) is 6.54 Å². The number of aromatic nitrogens is 1. The highest BCUT2D eigenvalue weighted by Gasteiger charge is 2.00. The zero-order valence-electron chi connectivity index (χ0n) is 7.01.